The highest BCUT2D eigenvalue weighted by Crippen LogP contribution is 2.71. The first-order chi connectivity index (χ1) is 13.2. The van der Waals surface area contributed by atoms with Crippen molar-refractivity contribution in [2.45, 2.75) is 91.1 Å². The molecule has 0 heterocycles. The van der Waals surface area contributed by atoms with Crippen molar-refractivity contribution in [2.24, 2.45) is 45.8 Å². The fourth-order valence-corrected chi connectivity index (χ4v) is 9.11. The molecule has 0 spiro atoms. The highest BCUT2D eigenvalue weighted by Gasteiger charge is 2.67. The van der Waals surface area contributed by atoms with Gasteiger partial charge in [0.2, 0.25) is 0 Å². The van der Waals surface area contributed by atoms with Crippen LogP contribution < -0.4 is 0 Å². The number of aliphatic carboxylic acids is 1. The van der Waals surface area contributed by atoms with Gasteiger partial charge in [0.15, 0.2) is 0 Å². The average molecular weight is 389 g/mol. The Labute approximate surface area is 171 Å². The van der Waals surface area contributed by atoms with Crippen molar-refractivity contribution in [3.05, 3.63) is 12.7 Å². The predicted octanol–water partition coefficient (Wildman–Crippen LogP) is 5.67. The number of rotatable bonds is 4. The van der Waals surface area contributed by atoms with Crippen LogP contribution in [0.2, 0.25) is 0 Å². The third-order valence-corrected chi connectivity index (χ3v) is 10.5. The molecule has 0 aromatic rings. The lowest BCUT2D eigenvalue weighted by Gasteiger charge is -2.64. The lowest BCUT2D eigenvalue weighted by Crippen LogP contribution is -2.62. The molecule has 4 aliphatic carbocycles. The molecule has 0 saturated heterocycles. The summed E-state index contributed by atoms with van der Waals surface area (Å²) >= 11 is 0. The smallest absolute Gasteiger partial charge is 0.310 e. The molecule has 4 fully saturated rings. The number of carbonyl (C=O) groups is 1. The Balaban J connectivity index is 1.65. The Bertz CT molecular complexity index is 644. The van der Waals surface area contributed by atoms with Crippen molar-refractivity contribution in [3.8, 4) is 0 Å². The van der Waals surface area contributed by atoms with E-state index in [1.54, 1.807) is 0 Å². The fourth-order valence-electron chi connectivity index (χ4n) is 9.11. The van der Waals surface area contributed by atoms with E-state index in [9.17, 15) is 15.0 Å². The van der Waals surface area contributed by atoms with Crippen molar-refractivity contribution in [2.75, 3.05) is 0 Å². The molecule has 0 aromatic carbocycles. The minimum Gasteiger partial charge on any atom is -0.481 e. The van der Waals surface area contributed by atoms with Gasteiger partial charge >= 0.3 is 5.97 Å². The van der Waals surface area contributed by atoms with Crippen LogP contribution in [0.5, 0.6) is 0 Å². The summed E-state index contributed by atoms with van der Waals surface area (Å²) in [4.78, 5) is 12.5. The monoisotopic (exact) mass is 388 g/mol. The van der Waals surface area contributed by atoms with Gasteiger partial charge in [-0.15, -0.1) is 6.58 Å². The molecule has 28 heavy (non-hydrogen) atoms. The second-order valence-corrected chi connectivity index (χ2v) is 11.3. The molecule has 2 N–H and O–H groups in total. The lowest BCUT2D eigenvalue weighted by molar-refractivity contribution is -0.202. The van der Waals surface area contributed by atoms with E-state index in [-0.39, 0.29) is 5.41 Å². The highest BCUT2D eigenvalue weighted by molar-refractivity contribution is 5.76. The number of fused-ring (bicyclic) bond motifs is 5. The third-order valence-electron chi connectivity index (χ3n) is 10.5. The van der Waals surface area contributed by atoms with E-state index in [1.807, 2.05) is 0 Å². The number of carboxylic acids is 1. The van der Waals surface area contributed by atoms with E-state index >= 15 is 0 Å². The maximum Gasteiger partial charge on any atom is 0.310 e. The van der Waals surface area contributed by atoms with Crippen LogP contribution in [-0.2, 0) is 4.79 Å². The first-order valence-corrected chi connectivity index (χ1v) is 11.7. The van der Waals surface area contributed by atoms with Crippen molar-refractivity contribution >= 4 is 5.97 Å². The van der Waals surface area contributed by atoms with Crippen LogP contribution in [0.4, 0.5) is 0 Å². The second-order valence-electron chi connectivity index (χ2n) is 11.3. The summed E-state index contributed by atoms with van der Waals surface area (Å²) in [5, 5.41) is 20.6. The van der Waals surface area contributed by atoms with Crippen LogP contribution in [0.15, 0.2) is 12.7 Å². The molecular formula is C25H40O3. The van der Waals surface area contributed by atoms with E-state index < -0.39 is 17.5 Å². The van der Waals surface area contributed by atoms with Crippen LogP contribution >= 0.6 is 0 Å². The summed E-state index contributed by atoms with van der Waals surface area (Å²) in [6.45, 7) is 11.2. The maximum absolute atomic E-state index is 12.5. The lowest BCUT2D eigenvalue weighted by atomic mass is 9.39. The summed E-state index contributed by atoms with van der Waals surface area (Å²) in [7, 11) is 0. The summed E-state index contributed by atoms with van der Waals surface area (Å²) in [6.07, 6.45) is 11.8. The van der Waals surface area contributed by atoms with Gasteiger partial charge in [0.25, 0.3) is 0 Å². The topological polar surface area (TPSA) is 57.5 Å². The van der Waals surface area contributed by atoms with Crippen molar-refractivity contribution in [1.29, 1.82) is 0 Å². The van der Waals surface area contributed by atoms with Crippen LogP contribution in [0.25, 0.3) is 0 Å². The zero-order valence-electron chi connectivity index (χ0n) is 18.1. The quantitative estimate of drug-likeness (QED) is 0.610. The van der Waals surface area contributed by atoms with Gasteiger partial charge in [-0.05, 0) is 105 Å². The number of aliphatic hydroxyl groups is 1. The second kappa shape index (κ2) is 6.86. The molecule has 3 heteroatoms. The minimum atomic E-state index is -0.715. The number of allylic oxidation sites excluding steroid dienone is 1. The normalized spacial score (nSPS) is 51.5. The van der Waals surface area contributed by atoms with E-state index in [2.05, 4.69) is 33.4 Å². The average Bonchev–Trinajstić information content (AvgIpc) is 2.99. The molecule has 158 valence electrons. The Morgan fingerprint density at radius 1 is 1.11 bits per heavy atom. The van der Waals surface area contributed by atoms with Crippen LogP contribution in [0.1, 0.15) is 85.0 Å². The van der Waals surface area contributed by atoms with Crippen molar-refractivity contribution in [3.63, 3.8) is 0 Å². The minimum absolute atomic E-state index is 0.160. The maximum atomic E-state index is 12.5. The number of carboxylic acid groups (broad SMARTS) is 1. The Kier molecular flexibility index (Phi) is 5.01. The molecule has 3 nitrogen and oxygen atoms in total. The Hall–Kier alpha value is -0.830. The van der Waals surface area contributed by atoms with Gasteiger partial charge in [-0.25, -0.2) is 0 Å². The fraction of sp³-hybridized carbons (Fsp3) is 0.880. The molecule has 1 unspecified atom stereocenters. The standard InChI is InChI=1S/C25H40O3/c1-5-6-16(2)19-7-8-20-18-10-14-25(22(27)28)15-17(26)9-13-24(25,4)21(18)11-12-23(19,20)3/h5,16-21,26H,1,6-15H2,2-4H3,(H,27,28)/t16-,17+,18+,19-,20+,21+,23-,24-,25?/m1/s1. The molecule has 4 aliphatic rings. The molecule has 4 saturated carbocycles. The molecule has 9 atom stereocenters. The molecule has 0 bridgehead atoms. The van der Waals surface area contributed by atoms with Crippen molar-refractivity contribution in [1.82, 2.24) is 0 Å². The van der Waals surface area contributed by atoms with E-state index in [0.717, 1.165) is 43.9 Å². The van der Waals surface area contributed by atoms with E-state index in [4.69, 9.17) is 0 Å². The zero-order chi connectivity index (χ0) is 20.3. The molecule has 0 aliphatic heterocycles. The van der Waals surface area contributed by atoms with Gasteiger partial charge in [-0.3, -0.25) is 4.79 Å². The van der Waals surface area contributed by atoms with Crippen molar-refractivity contribution < 1.29 is 15.0 Å². The van der Waals surface area contributed by atoms with E-state index in [0.29, 0.717) is 29.6 Å². The zero-order valence-corrected chi connectivity index (χ0v) is 18.1. The number of aliphatic hydroxyl groups excluding tert-OH is 1. The Morgan fingerprint density at radius 2 is 1.86 bits per heavy atom. The summed E-state index contributed by atoms with van der Waals surface area (Å²) in [5.41, 5.74) is -0.460. The number of hydrogen-bond donors (Lipinski definition) is 2. The van der Waals surface area contributed by atoms with Gasteiger partial charge in [-0.2, -0.15) is 0 Å². The van der Waals surface area contributed by atoms with Gasteiger partial charge in [0.05, 0.1) is 11.5 Å². The molecule has 0 amide bonds. The molecular weight excluding hydrogens is 348 g/mol. The number of hydrogen-bond acceptors (Lipinski definition) is 2. The van der Waals surface area contributed by atoms with Gasteiger partial charge in [0, 0.05) is 0 Å². The molecule has 0 radical (unpaired) electrons. The molecule has 0 aromatic heterocycles. The Morgan fingerprint density at radius 3 is 2.54 bits per heavy atom. The largest absolute Gasteiger partial charge is 0.481 e. The SMILES string of the molecule is C=CC[C@@H](C)[C@H]1CC[C@H]2[C@@H]3CCC4(C(=O)O)C[C@@H](O)CC[C@]4(C)[C@H]3CC[C@]12C. The van der Waals surface area contributed by atoms with Crippen LogP contribution in [0.3, 0.4) is 0 Å². The summed E-state index contributed by atoms with van der Waals surface area (Å²) in [6, 6.07) is 0. The van der Waals surface area contributed by atoms with Gasteiger partial charge in [-0.1, -0.05) is 26.8 Å². The predicted molar refractivity (Wildman–Crippen MR) is 112 cm³/mol. The van der Waals surface area contributed by atoms with Gasteiger partial charge < -0.3 is 10.2 Å². The summed E-state index contributed by atoms with van der Waals surface area (Å²) in [5.74, 6) is 2.77. The van der Waals surface area contributed by atoms with Crippen LogP contribution in [-0.4, -0.2) is 22.3 Å². The summed E-state index contributed by atoms with van der Waals surface area (Å²) < 4.78 is 0. The highest BCUT2D eigenvalue weighted by atomic mass is 16.4. The molecule has 4 rings (SSSR count). The van der Waals surface area contributed by atoms with Gasteiger partial charge in [0.1, 0.15) is 0 Å². The van der Waals surface area contributed by atoms with Crippen LogP contribution in [0, 0.1) is 45.8 Å². The first kappa shape index (κ1) is 20.4. The van der Waals surface area contributed by atoms with E-state index in [1.165, 1.54) is 25.7 Å². The first-order valence-electron chi connectivity index (χ1n) is 11.7. The third kappa shape index (κ3) is 2.60.